The fourth-order valence-electron chi connectivity index (χ4n) is 1.40. The van der Waals surface area contributed by atoms with Crippen molar-refractivity contribution in [3.05, 3.63) is 0 Å². The third-order valence-corrected chi connectivity index (χ3v) is 3.51. The van der Waals surface area contributed by atoms with Crippen LogP contribution in [0, 0.1) is 5.92 Å². The van der Waals surface area contributed by atoms with Crippen LogP contribution in [0.15, 0.2) is 0 Å². The van der Waals surface area contributed by atoms with Crippen molar-refractivity contribution in [2.75, 3.05) is 5.33 Å². The summed E-state index contributed by atoms with van der Waals surface area (Å²) < 4.78 is 0. The Morgan fingerprint density at radius 2 is 1.83 bits per heavy atom. The van der Waals surface area contributed by atoms with Crippen molar-refractivity contribution in [3.63, 3.8) is 0 Å². The molecule has 0 aliphatic heterocycles. The van der Waals surface area contributed by atoms with E-state index in [1.54, 1.807) is 0 Å². The molecule has 2 heteroatoms. The molecule has 0 aromatic heterocycles. The van der Waals surface area contributed by atoms with Crippen molar-refractivity contribution in [1.82, 2.24) is 0 Å². The van der Waals surface area contributed by atoms with Crippen LogP contribution in [0.3, 0.4) is 0 Å². The predicted octanol–water partition coefficient (Wildman–Crippen LogP) is 4.75. The van der Waals surface area contributed by atoms with Crippen LogP contribution in [0.4, 0.5) is 0 Å². The number of hydrogen-bond acceptors (Lipinski definition) is 0. The van der Waals surface area contributed by atoms with Crippen LogP contribution in [0.1, 0.15) is 46.0 Å². The van der Waals surface area contributed by atoms with Gasteiger partial charge in [-0.15, -0.1) is 0 Å². The largest absolute Gasteiger partial charge is 0.0928 e. The molecule has 0 saturated heterocycles. The van der Waals surface area contributed by atoms with E-state index in [2.05, 4.69) is 45.7 Å². The lowest BCUT2D eigenvalue weighted by Crippen LogP contribution is -2.11. The number of hydrogen-bond donors (Lipinski definition) is 0. The number of halogens is 2. The molecular weight excluding hydrogens is 280 g/mol. The summed E-state index contributed by atoms with van der Waals surface area (Å²) in [6.45, 7) is 4.52. The first-order valence-electron chi connectivity index (χ1n) is 4.92. The van der Waals surface area contributed by atoms with Crippen molar-refractivity contribution < 1.29 is 0 Å². The SMILES string of the molecule is CCCCCC(CCBr)C(C)Br. The van der Waals surface area contributed by atoms with Gasteiger partial charge < -0.3 is 0 Å². The van der Waals surface area contributed by atoms with E-state index in [1.165, 1.54) is 32.1 Å². The fraction of sp³-hybridized carbons (Fsp3) is 1.00. The summed E-state index contributed by atoms with van der Waals surface area (Å²) in [4.78, 5) is 0.673. The predicted molar refractivity (Wildman–Crippen MR) is 64.4 cm³/mol. The fourth-order valence-corrected chi connectivity index (χ4v) is 2.52. The molecule has 2 unspecified atom stereocenters. The van der Waals surface area contributed by atoms with Crippen LogP contribution in [0.25, 0.3) is 0 Å². The summed E-state index contributed by atoms with van der Waals surface area (Å²) in [6.07, 6.45) is 6.79. The molecule has 0 heterocycles. The number of unbranched alkanes of at least 4 members (excludes halogenated alkanes) is 2. The molecule has 0 amide bonds. The Hall–Kier alpha value is 0.960. The second-order valence-electron chi connectivity index (χ2n) is 3.41. The first-order valence-corrected chi connectivity index (χ1v) is 6.96. The second kappa shape index (κ2) is 8.55. The van der Waals surface area contributed by atoms with E-state index in [9.17, 15) is 0 Å². The van der Waals surface area contributed by atoms with E-state index in [0.717, 1.165) is 11.2 Å². The van der Waals surface area contributed by atoms with Gasteiger partial charge in [-0.25, -0.2) is 0 Å². The number of rotatable bonds is 7. The first kappa shape index (κ1) is 13.0. The van der Waals surface area contributed by atoms with Gasteiger partial charge in [-0.3, -0.25) is 0 Å². The van der Waals surface area contributed by atoms with Crippen molar-refractivity contribution in [1.29, 1.82) is 0 Å². The van der Waals surface area contributed by atoms with Crippen molar-refractivity contribution in [2.24, 2.45) is 5.92 Å². The summed E-state index contributed by atoms with van der Waals surface area (Å²) >= 11 is 7.18. The molecule has 0 rings (SSSR count). The molecule has 0 bridgehead atoms. The highest BCUT2D eigenvalue weighted by Gasteiger charge is 2.12. The topological polar surface area (TPSA) is 0 Å². The molecule has 0 aromatic rings. The van der Waals surface area contributed by atoms with Crippen molar-refractivity contribution in [3.8, 4) is 0 Å². The minimum Gasteiger partial charge on any atom is -0.0928 e. The number of alkyl halides is 2. The van der Waals surface area contributed by atoms with Gasteiger partial charge in [-0.2, -0.15) is 0 Å². The highest BCUT2D eigenvalue weighted by Crippen LogP contribution is 2.23. The minimum atomic E-state index is 0.673. The monoisotopic (exact) mass is 298 g/mol. The Kier molecular flexibility index (Phi) is 9.24. The minimum absolute atomic E-state index is 0.673. The average molecular weight is 300 g/mol. The summed E-state index contributed by atoms with van der Waals surface area (Å²) in [5.74, 6) is 0.857. The highest BCUT2D eigenvalue weighted by molar-refractivity contribution is 9.09. The summed E-state index contributed by atoms with van der Waals surface area (Å²) in [5.41, 5.74) is 0. The molecule has 0 N–H and O–H groups in total. The standard InChI is InChI=1S/C10H20Br2/c1-3-4-5-6-10(7-8-11)9(2)12/h9-10H,3-8H2,1-2H3. The van der Waals surface area contributed by atoms with E-state index in [0.29, 0.717) is 4.83 Å². The van der Waals surface area contributed by atoms with Gasteiger partial charge in [-0.1, -0.05) is 65.0 Å². The van der Waals surface area contributed by atoms with E-state index < -0.39 is 0 Å². The van der Waals surface area contributed by atoms with Crippen molar-refractivity contribution >= 4 is 31.9 Å². The molecule has 2 atom stereocenters. The first-order chi connectivity index (χ1) is 5.72. The lowest BCUT2D eigenvalue weighted by molar-refractivity contribution is 0.450. The average Bonchev–Trinajstić information content (AvgIpc) is 2.03. The van der Waals surface area contributed by atoms with Gasteiger partial charge >= 0.3 is 0 Å². The normalized spacial score (nSPS) is 16.0. The summed E-state index contributed by atoms with van der Waals surface area (Å²) in [5, 5.41) is 1.14. The van der Waals surface area contributed by atoms with E-state index in [4.69, 9.17) is 0 Å². The molecule has 12 heavy (non-hydrogen) atoms. The molecule has 0 radical (unpaired) electrons. The lowest BCUT2D eigenvalue weighted by atomic mass is 9.96. The molecular formula is C10H20Br2. The second-order valence-corrected chi connectivity index (χ2v) is 5.65. The summed E-state index contributed by atoms with van der Waals surface area (Å²) in [6, 6.07) is 0. The smallest absolute Gasteiger partial charge is 0.0146 e. The van der Waals surface area contributed by atoms with Gasteiger partial charge in [0.1, 0.15) is 0 Å². The van der Waals surface area contributed by atoms with Crippen molar-refractivity contribution in [2.45, 2.75) is 50.8 Å². The molecule has 0 spiro atoms. The van der Waals surface area contributed by atoms with Crippen LogP contribution in [0.2, 0.25) is 0 Å². The van der Waals surface area contributed by atoms with Crippen LogP contribution in [0.5, 0.6) is 0 Å². The maximum Gasteiger partial charge on any atom is 0.0146 e. The van der Waals surface area contributed by atoms with Crippen LogP contribution in [-0.4, -0.2) is 10.2 Å². The Balaban J connectivity index is 3.49. The zero-order valence-electron chi connectivity index (χ0n) is 8.15. The van der Waals surface area contributed by atoms with Crippen LogP contribution >= 0.6 is 31.9 Å². The Morgan fingerprint density at radius 3 is 2.25 bits per heavy atom. The Labute approximate surface area is 93.8 Å². The Bertz CT molecular complexity index is 91.8. The van der Waals surface area contributed by atoms with Gasteiger partial charge in [0.05, 0.1) is 0 Å². The zero-order chi connectivity index (χ0) is 9.40. The van der Waals surface area contributed by atoms with Gasteiger partial charge in [-0.05, 0) is 18.8 Å². The van der Waals surface area contributed by atoms with E-state index in [1.807, 2.05) is 0 Å². The highest BCUT2D eigenvalue weighted by atomic mass is 79.9. The molecule has 0 aliphatic rings. The third-order valence-electron chi connectivity index (χ3n) is 2.31. The lowest BCUT2D eigenvalue weighted by Gasteiger charge is -2.17. The summed E-state index contributed by atoms with van der Waals surface area (Å²) in [7, 11) is 0. The Morgan fingerprint density at radius 1 is 1.17 bits per heavy atom. The molecule has 0 aliphatic carbocycles. The molecule has 0 aromatic carbocycles. The molecule has 0 saturated carbocycles. The molecule has 74 valence electrons. The maximum absolute atomic E-state index is 3.67. The molecule has 0 nitrogen and oxygen atoms in total. The third kappa shape index (κ3) is 6.47. The molecule has 0 fully saturated rings. The van der Waals surface area contributed by atoms with Gasteiger partial charge in [0.15, 0.2) is 0 Å². The van der Waals surface area contributed by atoms with E-state index in [-0.39, 0.29) is 0 Å². The van der Waals surface area contributed by atoms with Gasteiger partial charge in [0.25, 0.3) is 0 Å². The van der Waals surface area contributed by atoms with Crippen LogP contribution < -0.4 is 0 Å². The van der Waals surface area contributed by atoms with Crippen LogP contribution in [-0.2, 0) is 0 Å². The maximum atomic E-state index is 3.67. The van der Waals surface area contributed by atoms with Gasteiger partial charge in [0, 0.05) is 10.2 Å². The zero-order valence-corrected chi connectivity index (χ0v) is 11.3. The van der Waals surface area contributed by atoms with E-state index >= 15 is 0 Å². The quantitative estimate of drug-likeness (QED) is 0.470. The van der Waals surface area contributed by atoms with Gasteiger partial charge in [0.2, 0.25) is 0 Å².